The fourth-order valence-electron chi connectivity index (χ4n) is 2.69. The van der Waals surface area contributed by atoms with E-state index in [4.69, 9.17) is 0 Å². The highest BCUT2D eigenvalue weighted by Gasteiger charge is 2.15. The summed E-state index contributed by atoms with van der Waals surface area (Å²) in [4.78, 5) is 30.1. The highest BCUT2D eigenvalue weighted by molar-refractivity contribution is 7.15. The molecule has 126 valence electrons. The van der Waals surface area contributed by atoms with Crippen molar-refractivity contribution in [1.29, 1.82) is 0 Å². The zero-order chi connectivity index (χ0) is 17.4. The van der Waals surface area contributed by atoms with Gasteiger partial charge in [-0.05, 0) is 13.0 Å². The number of imidazole rings is 1. The largest absolute Gasteiger partial charge is 0.346 e. The van der Waals surface area contributed by atoms with E-state index in [1.54, 1.807) is 18.3 Å². The highest BCUT2D eigenvalue weighted by atomic mass is 32.1. The summed E-state index contributed by atoms with van der Waals surface area (Å²) in [6.07, 6.45) is 5.40. The predicted molar refractivity (Wildman–Crippen MR) is 95.6 cm³/mol. The van der Waals surface area contributed by atoms with Crippen molar-refractivity contribution in [3.05, 3.63) is 64.3 Å². The first kappa shape index (κ1) is 15.5. The lowest BCUT2D eigenvalue weighted by Gasteiger charge is -2.12. The lowest BCUT2D eigenvalue weighted by atomic mass is 10.2. The summed E-state index contributed by atoms with van der Waals surface area (Å²) in [5.74, 6) is -0.284. The van der Waals surface area contributed by atoms with Crippen molar-refractivity contribution in [3.8, 4) is 0 Å². The topological polar surface area (TPSA) is 81.3 Å². The molecule has 7 nitrogen and oxygen atoms in total. The van der Waals surface area contributed by atoms with Crippen molar-refractivity contribution in [2.75, 3.05) is 0 Å². The Labute approximate surface area is 146 Å². The summed E-state index contributed by atoms with van der Waals surface area (Å²) in [6.45, 7) is 1.73. The Bertz CT molecular complexity index is 1100. The average molecular weight is 353 g/mol. The maximum Gasteiger partial charge on any atom is 0.275 e. The van der Waals surface area contributed by atoms with E-state index in [1.807, 2.05) is 41.2 Å². The van der Waals surface area contributed by atoms with Gasteiger partial charge >= 0.3 is 0 Å². The number of nitrogens with one attached hydrogen (secondary N) is 1. The molecule has 0 aliphatic carbocycles. The fourth-order valence-corrected chi connectivity index (χ4v) is 3.40. The summed E-state index contributed by atoms with van der Waals surface area (Å²) in [5, 5.41) is 10.2. The molecule has 0 saturated carbocycles. The van der Waals surface area contributed by atoms with Gasteiger partial charge in [-0.2, -0.15) is 5.10 Å². The molecule has 4 rings (SSSR count). The van der Waals surface area contributed by atoms with Crippen molar-refractivity contribution in [2.45, 2.75) is 19.5 Å². The van der Waals surface area contributed by atoms with Crippen molar-refractivity contribution in [3.63, 3.8) is 0 Å². The minimum absolute atomic E-state index is 0.129. The molecule has 0 saturated heterocycles. The van der Waals surface area contributed by atoms with E-state index in [-0.39, 0.29) is 24.1 Å². The number of rotatable bonds is 4. The van der Waals surface area contributed by atoms with Gasteiger partial charge in [-0.3, -0.25) is 14.0 Å². The van der Waals surface area contributed by atoms with Crippen molar-refractivity contribution >= 4 is 33.0 Å². The van der Waals surface area contributed by atoms with E-state index in [9.17, 15) is 9.59 Å². The molecule has 0 aliphatic heterocycles. The summed E-state index contributed by atoms with van der Waals surface area (Å²) < 4.78 is 3.09. The van der Waals surface area contributed by atoms with Crippen LogP contribution in [-0.2, 0) is 11.3 Å². The van der Waals surface area contributed by atoms with Gasteiger partial charge in [0.15, 0.2) is 4.96 Å². The second kappa shape index (κ2) is 6.14. The summed E-state index contributed by atoms with van der Waals surface area (Å²) in [6, 6.07) is 6.93. The molecule has 8 heteroatoms. The number of carbonyl (C=O) groups excluding carboxylic acids is 1. The lowest BCUT2D eigenvalue weighted by Crippen LogP contribution is -2.35. The monoisotopic (exact) mass is 353 g/mol. The molecule has 3 aromatic heterocycles. The van der Waals surface area contributed by atoms with Gasteiger partial charge in [0.2, 0.25) is 5.91 Å². The Balaban J connectivity index is 1.51. The quantitative estimate of drug-likeness (QED) is 0.608. The van der Waals surface area contributed by atoms with Crippen molar-refractivity contribution in [1.82, 2.24) is 24.5 Å². The Morgan fingerprint density at radius 1 is 1.36 bits per heavy atom. The number of aromatic nitrogens is 4. The predicted octanol–water partition coefficient (Wildman–Crippen LogP) is 1.98. The van der Waals surface area contributed by atoms with E-state index in [2.05, 4.69) is 15.4 Å². The summed E-state index contributed by atoms with van der Waals surface area (Å²) in [5.41, 5.74) is 0.502. The SMILES string of the molecule is C[C@@H](NC(=O)Cn1ncc2ccccc2c1=O)c1cn2ccsc2n1. The third-order valence-electron chi connectivity index (χ3n) is 3.99. The van der Waals surface area contributed by atoms with E-state index >= 15 is 0 Å². The molecule has 1 N–H and O–H groups in total. The Morgan fingerprint density at radius 2 is 2.20 bits per heavy atom. The van der Waals surface area contributed by atoms with E-state index < -0.39 is 0 Å². The molecule has 1 amide bonds. The molecule has 0 spiro atoms. The van der Waals surface area contributed by atoms with Crippen LogP contribution in [0.15, 0.2) is 53.0 Å². The first-order chi connectivity index (χ1) is 12.1. The number of carbonyl (C=O) groups is 1. The second-order valence-corrected chi connectivity index (χ2v) is 6.62. The molecule has 0 bridgehead atoms. The average Bonchev–Trinajstić information content (AvgIpc) is 3.19. The van der Waals surface area contributed by atoms with Crippen molar-refractivity contribution in [2.24, 2.45) is 0 Å². The van der Waals surface area contributed by atoms with Crippen LogP contribution in [0.2, 0.25) is 0 Å². The Kier molecular flexibility index (Phi) is 3.81. The number of hydrogen-bond donors (Lipinski definition) is 1. The van der Waals surface area contributed by atoms with Gasteiger partial charge in [0.25, 0.3) is 5.56 Å². The van der Waals surface area contributed by atoms with Gasteiger partial charge in [0.1, 0.15) is 6.54 Å². The molecular formula is C17H15N5O2S. The molecular weight excluding hydrogens is 338 g/mol. The van der Waals surface area contributed by atoms with Gasteiger partial charge in [-0.25, -0.2) is 9.67 Å². The van der Waals surface area contributed by atoms with Crippen LogP contribution in [0.4, 0.5) is 0 Å². The second-order valence-electron chi connectivity index (χ2n) is 5.74. The van der Waals surface area contributed by atoms with Gasteiger partial charge in [-0.15, -0.1) is 11.3 Å². The summed E-state index contributed by atoms with van der Waals surface area (Å²) in [7, 11) is 0. The number of benzene rings is 1. The number of hydrogen-bond acceptors (Lipinski definition) is 5. The van der Waals surface area contributed by atoms with Gasteiger partial charge in [0.05, 0.1) is 23.3 Å². The van der Waals surface area contributed by atoms with Crippen LogP contribution < -0.4 is 10.9 Å². The van der Waals surface area contributed by atoms with Crippen LogP contribution in [0.25, 0.3) is 15.7 Å². The number of fused-ring (bicyclic) bond motifs is 2. The van der Waals surface area contributed by atoms with Crippen LogP contribution in [0.1, 0.15) is 18.7 Å². The Morgan fingerprint density at radius 3 is 3.04 bits per heavy atom. The van der Waals surface area contributed by atoms with Crippen LogP contribution in [0.3, 0.4) is 0 Å². The van der Waals surface area contributed by atoms with E-state index in [0.717, 1.165) is 16.0 Å². The van der Waals surface area contributed by atoms with Gasteiger partial charge in [0, 0.05) is 23.2 Å². The first-order valence-electron chi connectivity index (χ1n) is 7.78. The zero-order valence-electron chi connectivity index (χ0n) is 13.4. The number of amides is 1. The molecule has 25 heavy (non-hydrogen) atoms. The molecule has 1 aromatic carbocycles. The summed E-state index contributed by atoms with van der Waals surface area (Å²) >= 11 is 1.53. The molecule has 4 aromatic rings. The fraction of sp³-hybridized carbons (Fsp3) is 0.176. The van der Waals surface area contributed by atoms with Gasteiger partial charge in [-0.1, -0.05) is 18.2 Å². The Hall–Kier alpha value is -3.00. The molecule has 0 unspecified atom stereocenters. The molecule has 0 fully saturated rings. The van der Waals surface area contributed by atoms with Crippen LogP contribution >= 0.6 is 11.3 Å². The highest BCUT2D eigenvalue weighted by Crippen LogP contribution is 2.16. The third kappa shape index (κ3) is 2.91. The maximum absolute atomic E-state index is 12.4. The molecule has 0 aliphatic rings. The number of nitrogens with zero attached hydrogens (tertiary/aromatic N) is 4. The normalized spacial score (nSPS) is 12.5. The van der Waals surface area contributed by atoms with Crippen LogP contribution in [0, 0.1) is 0 Å². The standard InChI is InChI=1S/C17H15N5O2S/c1-11(14-9-21-6-7-25-17(21)20-14)19-15(23)10-22-16(24)13-5-3-2-4-12(13)8-18-22/h2-9,11H,10H2,1H3,(H,19,23)/t11-/m1/s1. The van der Waals surface area contributed by atoms with Crippen LogP contribution in [0.5, 0.6) is 0 Å². The minimum atomic E-state index is -0.284. The first-order valence-corrected chi connectivity index (χ1v) is 8.66. The third-order valence-corrected chi connectivity index (χ3v) is 4.76. The van der Waals surface area contributed by atoms with Crippen LogP contribution in [-0.4, -0.2) is 25.1 Å². The molecule has 0 radical (unpaired) electrons. The lowest BCUT2D eigenvalue weighted by molar-refractivity contribution is -0.122. The van der Waals surface area contributed by atoms with Crippen molar-refractivity contribution < 1.29 is 4.79 Å². The zero-order valence-corrected chi connectivity index (χ0v) is 14.2. The molecule has 3 heterocycles. The van der Waals surface area contributed by atoms with E-state index in [0.29, 0.717) is 5.39 Å². The van der Waals surface area contributed by atoms with Gasteiger partial charge < -0.3 is 5.32 Å². The smallest absolute Gasteiger partial charge is 0.275 e. The molecule has 1 atom stereocenters. The maximum atomic E-state index is 12.4. The number of thiazole rings is 1. The van der Waals surface area contributed by atoms with E-state index in [1.165, 1.54) is 16.0 Å². The minimum Gasteiger partial charge on any atom is -0.346 e.